The summed E-state index contributed by atoms with van der Waals surface area (Å²) in [6, 6.07) is 3.67. The number of carbonyl (C=O) groups is 1. The van der Waals surface area contributed by atoms with Gasteiger partial charge in [-0.1, -0.05) is 0 Å². The molecule has 1 aromatic rings. The van der Waals surface area contributed by atoms with Crippen molar-refractivity contribution < 1.29 is 9.53 Å². The van der Waals surface area contributed by atoms with Crippen molar-refractivity contribution >= 4 is 11.7 Å². The van der Waals surface area contributed by atoms with Crippen molar-refractivity contribution in [2.24, 2.45) is 0 Å². The van der Waals surface area contributed by atoms with Crippen molar-refractivity contribution in [2.75, 3.05) is 38.1 Å². The van der Waals surface area contributed by atoms with Crippen molar-refractivity contribution in [3.8, 4) is 5.88 Å². The van der Waals surface area contributed by atoms with Gasteiger partial charge in [-0.3, -0.25) is 4.79 Å². The number of ether oxygens (including phenoxy) is 1. The minimum absolute atomic E-state index is 0.343. The van der Waals surface area contributed by atoms with Crippen molar-refractivity contribution in [3.63, 3.8) is 0 Å². The van der Waals surface area contributed by atoms with Crippen molar-refractivity contribution in [1.82, 2.24) is 9.88 Å². The highest BCUT2D eigenvalue weighted by molar-refractivity contribution is 5.68. The SMILES string of the molecule is CC(=O)Oc1ccc(N2CCN(C)CC2)cn1. The maximum Gasteiger partial charge on any atom is 0.309 e. The molecule has 0 amide bonds. The third kappa shape index (κ3) is 3.17. The summed E-state index contributed by atoms with van der Waals surface area (Å²) in [7, 11) is 2.12. The molecule has 0 radical (unpaired) electrons. The lowest BCUT2D eigenvalue weighted by atomic mass is 10.3. The van der Waals surface area contributed by atoms with Crippen LogP contribution in [0.2, 0.25) is 0 Å². The average molecular weight is 235 g/mol. The second-order valence-corrected chi connectivity index (χ2v) is 4.24. The Morgan fingerprint density at radius 2 is 2.00 bits per heavy atom. The Kier molecular flexibility index (Phi) is 3.58. The molecular formula is C12H17N3O2. The molecule has 1 fully saturated rings. The molecular weight excluding hydrogens is 218 g/mol. The summed E-state index contributed by atoms with van der Waals surface area (Å²) in [4.78, 5) is 19.5. The van der Waals surface area contributed by atoms with E-state index in [9.17, 15) is 4.79 Å². The fraction of sp³-hybridized carbons (Fsp3) is 0.500. The number of esters is 1. The van der Waals surface area contributed by atoms with Gasteiger partial charge in [0.2, 0.25) is 5.88 Å². The molecule has 5 heteroatoms. The van der Waals surface area contributed by atoms with Crippen LogP contribution in [0.5, 0.6) is 5.88 Å². The summed E-state index contributed by atoms with van der Waals surface area (Å²) >= 11 is 0. The van der Waals surface area contributed by atoms with E-state index in [4.69, 9.17) is 4.74 Å². The van der Waals surface area contributed by atoms with Gasteiger partial charge in [0.25, 0.3) is 0 Å². The number of anilines is 1. The summed E-state index contributed by atoms with van der Waals surface area (Å²) in [6.07, 6.45) is 1.75. The van der Waals surface area contributed by atoms with Crippen LogP contribution in [0.25, 0.3) is 0 Å². The maximum atomic E-state index is 10.8. The molecule has 0 N–H and O–H groups in total. The normalized spacial score (nSPS) is 16.9. The molecule has 0 saturated carbocycles. The monoisotopic (exact) mass is 235 g/mol. The first-order valence-electron chi connectivity index (χ1n) is 5.73. The Hall–Kier alpha value is -1.62. The predicted molar refractivity (Wildman–Crippen MR) is 65.3 cm³/mol. The molecule has 0 aliphatic carbocycles. The zero-order valence-corrected chi connectivity index (χ0v) is 10.2. The second kappa shape index (κ2) is 5.14. The molecule has 92 valence electrons. The minimum Gasteiger partial charge on any atom is -0.408 e. The second-order valence-electron chi connectivity index (χ2n) is 4.24. The fourth-order valence-corrected chi connectivity index (χ4v) is 1.83. The Morgan fingerprint density at radius 3 is 2.53 bits per heavy atom. The molecule has 1 aliphatic heterocycles. The van der Waals surface area contributed by atoms with Gasteiger partial charge in [0, 0.05) is 39.2 Å². The molecule has 0 aromatic carbocycles. The van der Waals surface area contributed by atoms with E-state index in [0.717, 1.165) is 31.9 Å². The molecule has 1 saturated heterocycles. The van der Waals surface area contributed by atoms with Gasteiger partial charge < -0.3 is 14.5 Å². The van der Waals surface area contributed by atoms with Crippen LogP contribution in [0, 0.1) is 0 Å². The van der Waals surface area contributed by atoms with Crippen LogP contribution in [-0.4, -0.2) is 49.1 Å². The molecule has 0 bridgehead atoms. The van der Waals surface area contributed by atoms with Gasteiger partial charge in [0.15, 0.2) is 0 Å². The predicted octanol–water partition coefficient (Wildman–Crippen LogP) is 0.759. The summed E-state index contributed by atoms with van der Waals surface area (Å²) < 4.78 is 4.90. The van der Waals surface area contributed by atoms with Gasteiger partial charge >= 0.3 is 5.97 Å². The van der Waals surface area contributed by atoms with E-state index >= 15 is 0 Å². The summed E-state index contributed by atoms with van der Waals surface area (Å²) in [5.74, 6) is 0.0141. The number of aromatic nitrogens is 1. The lowest BCUT2D eigenvalue weighted by Gasteiger charge is -2.33. The maximum absolute atomic E-state index is 10.8. The molecule has 2 rings (SSSR count). The highest BCUT2D eigenvalue weighted by Gasteiger charge is 2.14. The molecule has 1 aromatic heterocycles. The number of hydrogen-bond acceptors (Lipinski definition) is 5. The molecule has 2 heterocycles. The third-order valence-corrected chi connectivity index (χ3v) is 2.84. The summed E-state index contributed by atoms with van der Waals surface area (Å²) in [5.41, 5.74) is 1.08. The van der Waals surface area contributed by atoms with Gasteiger partial charge in [-0.2, -0.15) is 0 Å². The van der Waals surface area contributed by atoms with E-state index in [1.165, 1.54) is 6.92 Å². The van der Waals surface area contributed by atoms with E-state index < -0.39 is 0 Å². The Bertz CT molecular complexity index is 383. The average Bonchev–Trinajstić information content (AvgIpc) is 2.30. The largest absolute Gasteiger partial charge is 0.408 e. The van der Waals surface area contributed by atoms with Gasteiger partial charge in [-0.05, 0) is 13.1 Å². The number of hydrogen-bond donors (Lipinski definition) is 0. The van der Waals surface area contributed by atoms with Crippen LogP contribution in [0.15, 0.2) is 18.3 Å². The van der Waals surface area contributed by atoms with Gasteiger partial charge in [-0.25, -0.2) is 4.98 Å². The van der Waals surface area contributed by atoms with Gasteiger partial charge in [-0.15, -0.1) is 0 Å². The zero-order valence-electron chi connectivity index (χ0n) is 10.2. The third-order valence-electron chi connectivity index (χ3n) is 2.84. The summed E-state index contributed by atoms with van der Waals surface area (Å²) in [5, 5.41) is 0. The quantitative estimate of drug-likeness (QED) is 0.708. The first-order chi connectivity index (χ1) is 8.15. The van der Waals surface area contributed by atoms with Gasteiger partial charge in [0.05, 0.1) is 11.9 Å². The van der Waals surface area contributed by atoms with Crippen LogP contribution in [0.4, 0.5) is 5.69 Å². The molecule has 0 unspecified atom stereocenters. The summed E-state index contributed by atoms with van der Waals surface area (Å²) in [6.45, 7) is 5.50. The standard InChI is InChI=1S/C12H17N3O2/c1-10(16)17-12-4-3-11(9-13-12)15-7-5-14(2)6-8-15/h3-4,9H,5-8H2,1-2H3. The number of carbonyl (C=O) groups excluding carboxylic acids is 1. The number of likely N-dealkylation sites (N-methyl/N-ethyl adjacent to an activating group) is 1. The first-order valence-corrected chi connectivity index (χ1v) is 5.73. The van der Waals surface area contributed by atoms with Crippen LogP contribution >= 0.6 is 0 Å². The zero-order chi connectivity index (χ0) is 12.3. The fourth-order valence-electron chi connectivity index (χ4n) is 1.83. The molecule has 17 heavy (non-hydrogen) atoms. The number of piperazine rings is 1. The van der Waals surface area contributed by atoms with Crippen molar-refractivity contribution in [1.29, 1.82) is 0 Å². The lowest BCUT2D eigenvalue weighted by molar-refractivity contribution is -0.132. The Morgan fingerprint density at radius 1 is 1.29 bits per heavy atom. The van der Waals surface area contributed by atoms with Crippen LogP contribution in [0.3, 0.4) is 0 Å². The topological polar surface area (TPSA) is 45.7 Å². The Balaban J connectivity index is 2.00. The minimum atomic E-state index is -0.343. The highest BCUT2D eigenvalue weighted by atomic mass is 16.5. The Labute approximate surface area is 101 Å². The van der Waals surface area contributed by atoms with Crippen molar-refractivity contribution in [3.05, 3.63) is 18.3 Å². The smallest absolute Gasteiger partial charge is 0.309 e. The molecule has 0 spiro atoms. The highest BCUT2D eigenvalue weighted by Crippen LogP contribution is 2.17. The molecule has 0 atom stereocenters. The van der Waals surface area contributed by atoms with E-state index in [-0.39, 0.29) is 5.97 Å². The van der Waals surface area contributed by atoms with Crippen LogP contribution in [0.1, 0.15) is 6.92 Å². The van der Waals surface area contributed by atoms with E-state index in [1.807, 2.05) is 6.07 Å². The lowest BCUT2D eigenvalue weighted by Crippen LogP contribution is -2.44. The van der Waals surface area contributed by atoms with E-state index in [0.29, 0.717) is 5.88 Å². The molecule has 5 nitrogen and oxygen atoms in total. The van der Waals surface area contributed by atoms with E-state index in [2.05, 4.69) is 21.8 Å². The number of pyridine rings is 1. The van der Waals surface area contributed by atoms with E-state index in [1.54, 1.807) is 12.3 Å². The van der Waals surface area contributed by atoms with Gasteiger partial charge in [0.1, 0.15) is 0 Å². The number of rotatable bonds is 2. The van der Waals surface area contributed by atoms with Crippen molar-refractivity contribution in [2.45, 2.75) is 6.92 Å². The molecule has 1 aliphatic rings. The van der Waals surface area contributed by atoms with Crippen LogP contribution < -0.4 is 9.64 Å². The van der Waals surface area contributed by atoms with Crippen LogP contribution in [-0.2, 0) is 4.79 Å². The number of nitrogens with zero attached hydrogens (tertiary/aromatic N) is 3. The first kappa shape index (κ1) is 11.9.